The molecule has 0 aliphatic carbocycles. The van der Waals surface area contributed by atoms with Gasteiger partial charge in [-0.2, -0.15) is 0 Å². The number of hydrogen-bond donors (Lipinski definition) is 1. The summed E-state index contributed by atoms with van der Waals surface area (Å²) in [5, 5.41) is 9.82. The maximum absolute atomic E-state index is 12.1. The number of aliphatic hydroxyl groups excluding tert-OH is 1. The Morgan fingerprint density at radius 2 is 1.70 bits per heavy atom. The molecule has 0 aliphatic rings. The minimum atomic E-state index is -1.09. The lowest BCUT2D eigenvalue weighted by molar-refractivity contribution is -0.176. The summed E-state index contributed by atoms with van der Waals surface area (Å²) in [5.74, 6) is -0.716. The van der Waals surface area contributed by atoms with Gasteiger partial charge >= 0.3 is 11.9 Å². The van der Waals surface area contributed by atoms with Crippen molar-refractivity contribution < 1.29 is 24.2 Å². The normalized spacial score (nSPS) is 15.7. The van der Waals surface area contributed by atoms with E-state index in [1.165, 1.54) is 6.92 Å². The van der Waals surface area contributed by atoms with Crippen molar-refractivity contribution in [2.45, 2.75) is 73.0 Å². The first kappa shape index (κ1) is 21.6. The maximum Gasteiger partial charge on any atom is 0.333 e. The van der Waals surface area contributed by atoms with Crippen molar-refractivity contribution in [1.82, 2.24) is 0 Å². The third-order valence-electron chi connectivity index (χ3n) is 3.88. The Bertz CT molecular complexity index is 433. The molecule has 0 amide bonds. The van der Waals surface area contributed by atoms with Crippen molar-refractivity contribution >= 4 is 11.9 Å². The van der Waals surface area contributed by atoms with Gasteiger partial charge in [-0.15, -0.1) is 0 Å². The highest BCUT2D eigenvalue weighted by molar-refractivity contribution is 5.86. The van der Waals surface area contributed by atoms with Crippen LogP contribution in [0.5, 0.6) is 0 Å². The molecule has 0 rings (SSSR count). The molecule has 5 heteroatoms. The lowest BCUT2D eigenvalue weighted by Crippen LogP contribution is -2.45. The highest BCUT2D eigenvalue weighted by atomic mass is 16.6. The van der Waals surface area contributed by atoms with Gasteiger partial charge in [-0.3, -0.25) is 4.79 Å². The Hall–Kier alpha value is -1.36. The van der Waals surface area contributed by atoms with Gasteiger partial charge in [-0.25, -0.2) is 4.79 Å². The van der Waals surface area contributed by atoms with E-state index in [0.717, 1.165) is 6.42 Å². The van der Waals surface area contributed by atoms with Crippen LogP contribution < -0.4 is 0 Å². The summed E-state index contributed by atoms with van der Waals surface area (Å²) in [6.45, 7) is 16.8. The van der Waals surface area contributed by atoms with Crippen molar-refractivity contribution in [2.75, 3.05) is 6.61 Å². The highest BCUT2D eigenvalue weighted by Crippen LogP contribution is 2.38. The van der Waals surface area contributed by atoms with E-state index in [9.17, 15) is 14.7 Å². The molecule has 0 aromatic heterocycles. The molecule has 0 heterocycles. The third kappa shape index (κ3) is 7.64. The van der Waals surface area contributed by atoms with Crippen LogP contribution in [0.4, 0.5) is 0 Å². The maximum atomic E-state index is 12.1. The van der Waals surface area contributed by atoms with Crippen molar-refractivity contribution in [3.05, 3.63) is 12.2 Å². The van der Waals surface area contributed by atoms with Gasteiger partial charge in [0.1, 0.15) is 12.2 Å². The molecule has 0 saturated heterocycles. The molecule has 23 heavy (non-hydrogen) atoms. The molecular weight excluding hydrogens is 296 g/mol. The first-order valence-electron chi connectivity index (χ1n) is 8.01. The molecule has 0 aromatic carbocycles. The molecule has 134 valence electrons. The Labute approximate surface area is 140 Å². The van der Waals surface area contributed by atoms with E-state index >= 15 is 0 Å². The Balaban J connectivity index is 4.65. The molecule has 0 aliphatic heterocycles. The predicted octanol–water partition coefficient (Wildman–Crippen LogP) is 3.25. The van der Waals surface area contributed by atoms with Gasteiger partial charge in [0.2, 0.25) is 0 Å². The minimum Gasteiger partial charge on any atom is -0.460 e. The second kappa shape index (κ2) is 8.48. The van der Waals surface area contributed by atoms with Crippen LogP contribution in [0.3, 0.4) is 0 Å². The molecule has 5 nitrogen and oxygen atoms in total. The smallest absolute Gasteiger partial charge is 0.333 e. The van der Waals surface area contributed by atoms with Gasteiger partial charge in [0, 0.05) is 11.0 Å². The molecule has 0 saturated carbocycles. The lowest BCUT2D eigenvalue weighted by Gasteiger charge is -2.42. The molecule has 0 bridgehead atoms. The van der Waals surface area contributed by atoms with E-state index in [-0.39, 0.29) is 24.0 Å². The average molecular weight is 328 g/mol. The molecule has 2 unspecified atom stereocenters. The summed E-state index contributed by atoms with van der Waals surface area (Å²) in [6, 6.07) is 0. The van der Waals surface area contributed by atoms with Gasteiger partial charge in [-0.1, -0.05) is 41.2 Å². The van der Waals surface area contributed by atoms with Crippen molar-refractivity contribution in [3.8, 4) is 0 Å². The zero-order chi connectivity index (χ0) is 18.4. The summed E-state index contributed by atoms with van der Waals surface area (Å²) in [4.78, 5) is 23.4. The fourth-order valence-electron chi connectivity index (χ4n) is 2.12. The van der Waals surface area contributed by atoms with Crippen LogP contribution in [0.15, 0.2) is 12.2 Å². The Morgan fingerprint density at radius 1 is 1.17 bits per heavy atom. The number of esters is 2. The molecule has 0 aromatic rings. The Morgan fingerprint density at radius 3 is 2.09 bits per heavy atom. The molecule has 0 radical (unpaired) electrons. The van der Waals surface area contributed by atoms with E-state index in [1.807, 2.05) is 27.7 Å². The minimum absolute atomic E-state index is 0.215. The fourth-order valence-corrected chi connectivity index (χ4v) is 2.12. The third-order valence-corrected chi connectivity index (χ3v) is 3.88. The number of hydrogen-bond acceptors (Lipinski definition) is 5. The summed E-state index contributed by atoms with van der Waals surface area (Å²) in [6.07, 6.45) is -0.579. The van der Waals surface area contributed by atoms with Gasteiger partial charge in [-0.05, 0) is 26.2 Å². The van der Waals surface area contributed by atoms with Crippen LogP contribution >= 0.6 is 0 Å². The predicted molar refractivity (Wildman–Crippen MR) is 89.8 cm³/mol. The van der Waals surface area contributed by atoms with Crippen molar-refractivity contribution in [2.24, 2.45) is 11.3 Å². The summed E-state index contributed by atoms with van der Waals surface area (Å²) < 4.78 is 10.5. The summed E-state index contributed by atoms with van der Waals surface area (Å²) in [7, 11) is 0. The molecule has 2 atom stereocenters. The van der Waals surface area contributed by atoms with Gasteiger partial charge in [0.05, 0.1) is 12.5 Å². The monoisotopic (exact) mass is 328 g/mol. The van der Waals surface area contributed by atoms with Crippen molar-refractivity contribution in [1.29, 1.82) is 0 Å². The summed E-state index contributed by atoms with van der Waals surface area (Å²) in [5.41, 5.74) is -0.617. The quantitative estimate of drug-likeness (QED) is 0.547. The zero-order valence-electron chi connectivity index (χ0n) is 15.6. The topological polar surface area (TPSA) is 72.8 Å². The van der Waals surface area contributed by atoms with E-state index in [0.29, 0.717) is 5.92 Å². The molecule has 0 spiro atoms. The number of carbonyl (C=O) groups excluding carboxylic acids is 2. The number of aliphatic hydroxyl groups is 1. The van der Waals surface area contributed by atoms with Gasteiger partial charge in [0.25, 0.3) is 0 Å². The van der Waals surface area contributed by atoms with Crippen LogP contribution in [0.2, 0.25) is 0 Å². The van der Waals surface area contributed by atoms with E-state index in [2.05, 4.69) is 20.4 Å². The van der Waals surface area contributed by atoms with E-state index in [1.54, 1.807) is 0 Å². The van der Waals surface area contributed by atoms with Crippen LogP contribution in [0.25, 0.3) is 0 Å². The van der Waals surface area contributed by atoms with Crippen molar-refractivity contribution in [3.63, 3.8) is 0 Å². The number of rotatable bonds is 8. The number of carbonyl (C=O) groups is 2. The Kier molecular flexibility index (Phi) is 7.98. The van der Waals surface area contributed by atoms with Crippen LogP contribution in [-0.4, -0.2) is 35.4 Å². The molecule has 0 fully saturated rings. The number of ether oxygens (including phenoxy) is 2. The van der Waals surface area contributed by atoms with Crippen LogP contribution in [0.1, 0.15) is 61.3 Å². The van der Waals surface area contributed by atoms with Gasteiger partial charge < -0.3 is 14.6 Å². The average Bonchev–Trinajstić information content (AvgIpc) is 2.32. The fraction of sp³-hybridized carbons (Fsp3) is 0.778. The standard InChI is InChI=1S/C18H32O5/c1-12(2)10-18(8,17(5,6)7)23-15(20)9-14(19)11-22-16(21)13(3)4/h12,14,19H,3,9-11H2,1-2,4-8H3. The second-order valence-electron chi connectivity index (χ2n) is 7.79. The molecule has 1 N–H and O–H groups in total. The lowest BCUT2D eigenvalue weighted by atomic mass is 9.73. The van der Waals surface area contributed by atoms with Crippen LogP contribution in [-0.2, 0) is 19.1 Å². The van der Waals surface area contributed by atoms with E-state index < -0.39 is 23.6 Å². The second-order valence-corrected chi connectivity index (χ2v) is 7.79. The highest BCUT2D eigenvalue weighted by Gasteiger charge is 2.41. The van der Waals surface area contributed by atoms with Crippen LogP contribution in [0, 0.1) is 11.3 Å². The first-order valence-corrected chi connectivity index (χ1v) is 8.01. The largest absolute Gasteiger partial charge is 0.460 e. The van der Waals surface area contributed by atoms with Gasteiger partial charge in [0.15, 0.2) is 0 Å². The SMILES string of the molecule is C=C(C)C(=O)OCC(O)CC(=O)OC(C)(CC(C)C)C(C)(C)C. The summed E-state index contributed by atoms with van der Waals surface area (Å²) >= 11 is 0. The van der Waals surface area contributed by atoms with E-state index in [4.69, 9.17) is 9.47 Å². The first-order chi connectivity index (χ1) is 10.3. The molecular formula is C18H32O5. The zero-order valence-corrected chi connectivity index (χ0v) is 15.6.